The minimum atomic E-state index is -0.554. The van der Waals surface area contributed by atoms with Crippen LogP contribution in [0.2, 0.25) is 5.02 Å². The Labute approximate surface area is 124 Å². The molecule has 0 bridgehead atoms. The standard InChI is InChI=1S/C15H21ClN2O2/c1-11-5-6-12(8-14(11)16)17(2)9-13(19)10-18-7-3-4-15(18)20/h5-6,8,13,19H,3-4,7,9-10H2,1-2H3. The Morgan fingerprint density at radius 1 is 1.50 bits per heavy atom. The molecule has 0 saturated carbocycles. The number of carbonyl (C=O) groups excluding carboxylic acids is 1. The fourth-order valence-electron chi connectivity index (χ4n) is 2.45. The zero-order valence-corrected chi connectivity index (χ0v) is 12.7. The van der Waals surface area contributed by atoms with Gasteiger partial charge in [-0.1, -0.05) is 17.7 Å². The fourth-order valence-corrected chi connectivity index (χ4v) is 2.62. The van der Waals surface area contributed by atoms with Gasteiger partial charge in [-0.25, -0.2) is 0 Å². The highest BCUT2D eigenvalue weighted by Crippen LogP contribution is 2.22. The molecule has 5 heteroatoms. The van der Waals surface area contributed by atoms with E-state index in [0.29, 0.717) is 19.5 Å². The molecule has 1 N–H and O–H groups in total. The van der Waals surface area contributed by atoms with Crippen LogP contribution in [0.4, 0.5) is 5.69 Å². The zero-order valence-electron chi connectivity index (χ0n) is 12.0. The van der Waals surface area contributed by atoms with Crippen LogP contribution in [-0.4, -0.2) is 48.7 Å². The van der Waals surface area contributed by atoms with Crippen molar-refractivity contribution in [1.82, 2.24) is 4.90 Å². The molecule has 1 atom stereocenters. The number of halogens is 1. The van der Waals surface area contributed by atoms with Crippen molar-refractivity contribution in [2.75, 3.05) is 31.6 Å². The number of carbonyl (C=O) groups is 1. The van der Waals surface area contributed by atoms with E-state index < -0.39 is 6.10 Å². The molecule has 0 radical (unpaired) electrons. The minimum absolute atomic E-state index is 0.144. The van der Waals surface area contributed by atoms with Gasteiger partial charge in [0.25, 0.3) is 0 Å². The second-order valence-electron chi connectivity index (χ2n) is 5.41. The Bertz CT molecular complexity index is 493. The van der Waals surface area contributed by atoms with E-state index in [-0.39, 0.29) is 5.91 Å². The number of likely N-dealkylation sites (N-methyl/N-ethyl adjacent to an activating group) is 1. The Morgan fingerprint density at radius 2 is 2.25 bits per heavy atom. The van der Waals surface area contributed by atoms with E-state index in [9.17, 15) is 9.90 Å². The van der Waals surface area contributed by atoms with Crippen molar-refractivity contribution in [2.45, 2.75) is 25.9 Å². The Balaban J connectivity index is 1.91. The molecular weight excluding hydrogens is 276 g/mol. The highest BCUT2D eigenvalue weighted by Gasteiger charge is 2.23. The Hall–Kier alpha value is -1.26. The van der Waals surface area contributed by atoms with E-state index in [1.807, 2.05) is 37.1 Å². The van der Waals surface area contributed by atoms with E-state index in [0.717, 1.165) is 29.2 Å². The number of nitrogens with zero attached hydrogens (tertiary/aromatic N) is 2. The molecule has 1 amide bonds. The quantitative estimate of drug-likeness (QED) is 0.904. The fraction of sp³-hybridized carbons (Fsp3) is 0.533. The summed E-state index contributed by atoms with van der Waals surface area (Å²) in [7, 11) is 1.91. The number of aliphatic hydroxyl groups is 1. The number of benzene rings is 1. The van der Waals surface area contributed by atoms with Crippen molar-refractivity contribution in [2.24, 2.45) is 0 Å². The van der Waals surface area contributed by atoms with Crippen LogP contribution in [0.5, 0.6) is 0 Å². The van der Waals surface area contributed by atoms with E-state index in [1.54, 1.807) is 4.90 Å². The monoisotopic (exact) mass is 296 g/mol. The Kier molecular flexibility index (Phi) is 4.89. The van der Waals surface area contributed by atoms with Gasteiger partial charge < -0.3 is 14.9 Å². The molecule has 1 unspecified atom stereocenters. The molecule has 2 rings (SSSR count). The molecule has 0 aromatic heterocycles. The molecule has 1 aromatic rings. The van der Waals surface area contributed by atoms with Gasteiger partial charge in [0.2, 0.25) is 5.91 Å². The van der Waals surface area contributed by atoms with E-state index >= 15 is 0 Å². The topological polar surface area (TPSA) is 43.8 Å². The van der Waals surface area contributed by atoms with Gasteiger partial charge in [-0.3, -0.25) is 4.79 Å². The average molecular weight is 297 g/mol. The largest absolute Gasteiger partial charge is 0.389 e. The molecule has 1 aliphatic heterocycles. The second kappa shape index (κ2) is 6.46. The summed E-state index contributed by atoms with van der Waals surface area (Å²) in [5, 5.41) is 10.8. The molecule has 0 spiro atoms. The molecular formula is C15H21ClN2O2. The third kappa shape index (κ3) is 3.64. The maximum atomic E-state index is 11.5. The molecule has 1 fully saturated rings. The summed E-state index contributed by atoms with van der Waals surface area (Å²) in [4.78, 5) is 15.2. The molecule has 1 heterocycles. The van der Waals surface area contributed by atoms with Crippen molar-refractivity contribution in [3.63, 3.8) is 0 Å². The van der Waals surface area contributed by atoms with Crippen molar-refractivity contribution >= 4 is 23.2 Å². The first-order valence-corrected chi connectivity index (χ1v) is 7.28. The van der Waals surface area contributed by atoms with Crippen molar-refractivity contribution < 1.29 is 9.90 Å². The molecule has 1 aliphatic rings. The van der Waals surface area contributed by atoms with E-state index in [4.69, 9.17) is 11.6 Å². The molecule has 1 saturated heterocycles. The van der Waals surface area contributed by atoms with Crippen molar-refractivity contribution in [3.8, 4) is 0 Å². The number of aryl methyl sites for hydroxylation is 1. The van der Waals surface area contributed by atoms with Crippen LogP contribution >= 0.6 is 11.6 Å². The van der Waals surface area contributed by atoms with E-state index in [1.165, 1.54) is 0 Å². The van der Waals surface area contributed by atoms with Gasteiger partial charge in [-0.2, -0.15) is 0 Å². The van der Waals surface area contributed by atoms with Crippen LogP contribution < -0.4 is 4.90 Å². The van der Waals surface area contributed by atoms with Gasteiger partial charge in [0, 0.05) is 43.8 Å². The predicted octanol–water partition coefficient (Wildman–Crippen LogP) is 2.07. The van der Waals surface area contributed by atoms with Crippen LogP contribution in [0.1, 0.15) is 18.4 Å². The van der Waals surface area contributed by atoms with E-state index in [2.05, 4.69) is 0 Å². The number of aliphatic hydroxyl groups excluding tert-OH is 1. The van der Waals surface area contributed by atoms with Gasteiger partial charge in [-0.15, -0.1) is 0 Å². The number of likely N-dealkylation sites (tertiary alicyclic amines) is 1. The summed E-state index contributed by atoms with van der Waals surface area (Å²) in [5.74, 6) is 0.144. The molecule has 4 nitrogen and oxygen atoms in total. The van der Waals surface area contributed by atoms with Crippen molar-refractivity contribution in [1.29, 1.82) is 0 Å². The summed E-state index contributed by atoms with van der Waals surface area (Å²) >= 11 is 6.11. The highest BCUT2D eigenvalue weighted by atomic mass is 35.5. The van der Waals surface area contributed by atoms with Gasteiger partial charge in [-0.05, 0) is 31.0 Å². The van der Waals surface area contributed by atoms with Crippen LogP contribution in [0.15, 0.2) is 18.2 Å². The first kappa shape index (κ1) is 15.1. The summed E-state index contributed by atoms with van der Waals surface area (Å²) in [6.45, 7) is 3.60. The third-order valence-electron chi connectivity index (χ3n) is 3.68. The van der Waals surface area contributed by atoms with Gasteiger partial charge >= 0.3 is 0 Å². The lowest BCUT2D eigenvalue weighted by molar-refractivity contribution is -0.128. The van der Waals surface area contributed by atoms with Crippen LogP contribution in [0, 0.1) is 6.92 Å². The number of hydrogen-bond acceptors (Lipinski definition) is 3. The second-order valence-corrected chi connectivity index (χ2v) is 5.82. The maximum absolute atomic E-state index is 11.5. The minimum Gasteiger partial charge on any atom is -0.389 e. The van der Waals surface area contributed by atoms with Gasteiger partial charge in [0.1, 0.15) is 0 Å². The number of hydrogen-bond donors (Lipinski definition) is 1. The lowest BCUT2D eigenvalue weighted by Crippen LogP contribution is -2.39. The lowest BCUT2D eigenvalue weighted by Gasteiger charge is -2.26. The van der Waals surface area contributed by atoms with Crippen LogP contribution in [0.3, 0.4) is 0 Å². The molecule has 1 aromatic carbocycles. The normalized spacial score (nSPS) is 16.6. The predicted molar refractivity (Wildman–Crippen MR) is 81.3 cm³/mol. The summed E-state index contributed by atoms with van der Waals surface area (Å²) in [6, 6.07) is 5.84. The SMILES string of the molecule is Cc1ccc(N(C)CC(O)CN2CCCC2=O)cc1Cl. The first-order chi connectivity index (χ1) is 9.47. The summed E-state index contributed by atoms with van der Waals surface area (Å²) in [6.07, 6.45) is 0.951. The number of anilines is 1. The molecule has 0 aliphatic carbocycles. The molecule has 110 valence electrons. The van der Waals surface area contributed by atoms with Crippen LogP contribution in [-0.2, 0) is 4.79 Å². The average Bonchev–Trinajstić information content (AvgIpc) is 2.78. The number of rotatable bonds is 5. The maximum Gasteiger partial charge on any atom is 0.222 e. The summed E-state index contributed by atoms with van der Waals surface area (Å²) in [5.41, 5.74) is 2.00. The third-order valence-corrected chi connectivity index (χ3v) is 4.09. The smallest absolute Gasteiger partial charge is 0.222 e. The molecule has 20 heavy (non-hydrogen) atoms. The zero-order chi connectivity index (χ0) is 14.7. The van der Waals surface area contributed by atoms with Crippen molar-refractivity contribution in [3.05, 3.63) is 28.8 Å². The van der Waals surface area contributed by atoms with Crippen LogP contribution in [0.25, 0.3) is 0 Å². The Morgan fingerprint density at radius 3 is 2.85 bits per heavy atom. The highest BCUT2D eigenvalue weighted by molar-refractivity contribution is 6.31. The number of β-amino-alcohol motifs (C(OH)–C–C–N with tert-alkyl or cyclic N) is 1. The lowest BCUT2D eigenvalue weighted by atomic mass is 10.2. The summed E-state index contributed by atoms with van der Waals surface area (Å²) < 4.78 is 0. The first-order valence-electron chi connectivity index (χ1n) is 6.90. The number of amides is 1. The van der Waals surface area contributed by atoms with Gasteiger partial charge in [0.05, 0.1) is 6.10 Å². The van der Waals surface area contributed by atoms with Gasteiger partial charge in [0.15, 0.2) is 0 Å².